The highest BCUT2D eigenvalue weighted by Crippen LogP contribution is 2.39. The highest BCUT2D eigenvalue weighted by atomic mass is 31.1. The van der Waals surface area contributed by atoms with E-state index in [9.17, 15) is 14.2 Å². The molecule has 0 aromatic heterocycles. The molecule has 1 aromatic carbocycles. The Hall–Kier alpha value is -1.04. The van der Waals surface area contributed by atoms with Crippen LogP contribution in [0.4, 0.5) is 0 Å². The van der Waals surface area contributed by atoms with Gasteiger partial charge in [-0.1, -0.05) is 36.9 Å². The van der Waals surface area contributed by atoms with Crippen molar-refractivity contribution in [2.75, 3.05) is 0 Å². The minimum absolute atomic E-state index is 0.108. The maximum atomic E-state index is 10.6. The van der Waals surface area contributed by atoms with Crippen LogP contribution in [0.2, 0.25) is 0 Å². The van der Waals surface area contributed by atoms with E-state index in [4.69, 9.17) is 9.79 Å². The van der Waals surface area contributed by atoms with Crippen molar-refractivity contribution >= 4 is 22.6 Å². The van der Waals surface area contributed by atoms with Gasteiger partial charge in [0.15, 0.2) is 0 Å². The average molecular weight is 292 g/mol. The molecule has 0 saturated heterocycles. The normalized spacial score (nSPS) is 15.7. The molecule has 0 bridgehead atoms. The van der Waals surface area contributed by atoms with Gasteiger partial charge in [-0.2, -0.15) is 0 Å². The van der Waals surface area contributed by atoms with Crippen molar-refractivity contribution < 1.29 is 33.1 Å². The van der Waals surface area contributed by atoms with Crippen molar-refractivity contribution in [1.82, 2.24) is 0 Å². The fraction of sp³-hybridized carbons (Fsp3) is 0.111. The fourth-order valence-electron chi connectivity index (χ4n) is 1.16. The smallest absolute Gasteiger partial charge is 0.333 e. The summed E-state index contributed by atoms with van der Waals surface area (Å²) in [5.74, 6) is -2.77. The fourth-order valence-corrected chi connectivity index (χ4v) is 1.93. The number of benzene rings is 1. The molecule has 0 aliphatic carbocycles. The molecule has 96 valence electrons. The number of aliphatic hydroxyl groups is 1. The molecule has 0 aliphatic rings. The Labute approximate surface area is 104 Å². The van der Waals surface area contributed by atoms with Crippen LogP contribution >= 0.6 is 16.5 Å². The molecule has 0 fully saturated rings. The van der Waals surface area contributed by atoms with E-state index in [1.54, 1.807) is 0 Å². The Morgan fingerprint density at radius 3 is 1.89 bits per heavy atom. The molecule has 18 heavy (non-hydrogen) atoms. The molecule has 0 heterocycles. The van der Waals surface area contributed by atoms with Gasteiger partial charge in [-0.25, -0.2) is 0 Å². The molecule has 0 saturated carbocycles. The second-order valence-electron chi connectivity index (χ2n) is 3.07. The molecule has 2 unspecified atom stereocenters. The molecule has 0 aliphatic heterocycles. The number of rotatable bonds is 6. The molecule has 0 spiro atoms. The summed E-state index contributed by atoms with van der Waals surface area (Å²) in [4.78, 5) is 17.2. The van der Waals surface area contributed by atoms with Crippen molar-refractivity contribution in [3.63, 3.8) is 0 Å². The van der Waals surface area contributed by atoms with Gasteiger partial charge in [-0.15, -0.1) is 9.79 Å². The summed E-state index contributed by atoms with van der Waals surface area (Å²) in [5.41, 5.74) is 0.603. The standard InChI is InChI=1S/C9H8O7P2/c1-2-7-3-5-8(6-4-7)9(10,15-17(11)12)16-18(13)14/h2-6,10H,1H2/p+2. The Bertz CT molecular complexity index is 454. The molecule has 0 amide bonds. The first-order valence-corrected chi connectivity index (χ1v) is 6.79. The zero-order valence-corrected chi connectivity index (χ0v) is 10.8. The predicted molar refractivity (Wildman–Crippen MR) is 62.3 cm³/mol. The van der Waals surface area contributed by atoms with E-state index < -0.39 is 22.5 Å². The zero-order chi connectivity index (χ0) is 13.8. The third-order valence-corrected chi connectivity index (χ3v) is 2.72. The van der Waals surface area contributed by atoms with Gasteiger partial charge in [0.2, 0.25) is 0 Å². The summed E-state index contributed by atoms with van der Waals surface area (Å²) >= 11 is 0. The molecule has 1 aromatic rings. The maximum Gasteiger partial charge on any atom is 0.700 e. The van der Waals surface area contributed by atoms with Crippen molar-refractivity contribution in [2.24, 2.45) is 0 Å². The van der Waals surface area contributed by atoms with Gasteiger partial charge in [0.25, 0.3) is 0 Å². The van der Waals surface area contributed by atoms with Crippen LogP contribution in [0.3, 0.4) is 0 Å². The van der Waals surface area contributed by atoms with Crippen LogP contribution in [0.5, 0.6) is 0 Å². The summed E-state index contributed by atoms with van der Waals surface area (Å²) in [6, 6.07) is 5.62. The lowest BCUT2D eigenvalue weighted by Gasteiger charge is -2.14. The second kappa shape index (κ2) is 6.22. The van der Waals surface area contributed by atoms with Crippen LogP contribution in [-0.4, -0.2) is 14.9 Å². The zero-order valence-electron chi connectivity index (χ0n) is 8.96. The number of hydrogen-bond acceptors (Lipinski definition) is 5. The van der Waals surface area contributed by atoms with Gasteiger partial charge in [0, 0.05) is 14.7 Å². The van der Waals surface area contributed by atoms with E-state index >= 15 is 0 Å². The van der Waals surface area contributed by atoms with Gasteiger partial charge in [-0.05, 0) is 14.6 Å². The lowest BCUT2D eigenvalue weighted by atomic mass is 10.1. The van der Waals surface area contributed by atoms with Crippen LogP contribution in [0.25, 0.3) is 6.08 Å². The quantitative estimate of drug-likeness (QED) is 0.540. The van der Waals surface area contributed by atoms with Crippen molar-refractivity contribution in [2.45, 2.75) is 5.97 Å². The van der Waals surface area contributed by atoms with Gasteiger partial charge >= 0.3 is 22.5 Å². The monoisotopic (exact) mass is 292 g/mol. The molecular formula is C9H10O7P2+2. The predicted octanol–water partition coefficient (Wildman–Crippen LogP) is 1.76. The summed E-state index contributed by atoms with van der Waals surface area (Å²) in [6.45, 7) is 3.52. The highest BCUT2D eigenvalue weighted by Gasteiger charge is 2.49. The SMILES string of the molecule is C=Cc1ccc(C(O)(O[P+](=O)O)O[P+](=O)O)cc1. The first-order chi connectivity index (χ1) is 8.37. The molecule has 9 heteroatoms. The molecule has 2 atom stereocenters. The highest BCUT2D eigenvalue weighted by molar-refractivity contribution is 7.32. The van der Waals surface area contributed by atoms with E-state index in [2.05, 4.69) is 15.6 Å². The third kappa shape index (κ3) is 4.01. The van der Waals surface area contributed by atoms with E-state index in [0.717, 1.165) is 0 Å². The molecule has 7 nitrogen and oxygen atoms in total. The topological polar surface area (TPSA) is 113 Å². The lowest BCUT2D eigenvalue weighted by Crippen LogP contribution is -2.28. The van der Waals surface area contributed by atoms with E-state index in [1.165, 1.54) is 30.3 Å². The largest absolute Gasteiger partial charge is 0.700 e. The second-order valence-corrected chi connectivity index (χ2v) is 4.38. The first kappa shape index (κ1) is 15.0. The minimum atomic E-state index is -3.24. The van der Waals surface area contributed by atoms with Gasteiger partial charge < -0.3 is 5.11 Å². The van der Waals surface area contributed by atoms with Crippen molar-refractivity contribution in [3.05, 3.63) is 42.0 Å². The molecular weight excluding hydrogens is 282 g/mol. The Balaban J connectivity index is 3.11. The van der Waals surface area contributed by atoms with Gasteiger partial charge in [-0.3, -0.25) is 0 Å². The Morgan fingerprint density at radius 1 is 1.11 bits per heavy atom. The van der Waals surface area contributed by atoms with Crippen LogP contribution in [0.1, 0.15) is 11.1 Å². The summed E-state index contributed by atoms with van der Waals surface area (Å²) < 4.78 is 29.6. The van der Waals surface area contributed by atoms with Crippen LogP contribution in [0, 0.1) is 0 Å². The summed E-state index contributed by atoms with van der Waals surface area (Å²) in [7, 11) is -6.48. The van der Waals surface area contributed by atoms with Gasteiger partial charge in [0.1, 0.15) is 0 Å². The van der Waals surface area contributed by atoms with E-state index in [-0.39, 0.29) is 5.56 Å². The molecule has 0 radical (unpaired) electrons. The summed E-state index contributed by atoms with van der Waals surface area (Å²) in [5, 5.41) is 9.83. The molecule has 1 rings (SSSR count). The third-order valence-electron chi connectivity index (χ3n) is 1.91. The van der Waals surface area contributed by atoms with E-state index in [0.29, 0.717) is 5.56 Å². The van der Waals surface area contributed by atoms with Gasteiger partial charge in [0.05, 0.1) is 0 Å². The Kier molecular flexibility index (Phi) is 5.19. The maximum absolute atomic E-state index is 10.6. The Morgan fingerprint density at radius 2 is 1.56 bits per heavy atom. The van der Waals surface area contributed by atoms with Crippen molar-refractivity contribution in [3.8, 4) is 0 Å². The first-order valence-electron chi connectivity index (χ1n) is 4.53. The minimum Gasteiger partial charge on any atom is -0.333 e. The van der Waals surface area contributed by atoms with Crippen molar-refractivity contribution in [1.29, 1.82) is 0 Å². The van der Waals surface area contributed by atoms with Crippen LogP contribution in [0.15, 0.2) is 30.8 Å². The average Bonchev–Trinajstić information content (AvgIpc) is 2.27. The van der Waals surface area contributed by atoms with Crippen LogP contribution < -0.4 is 0 Å². The van der Waals surface area contributed by atoms with Crippen LogP contribution in [-0.2, 0) is 24.2 Å². The number of hydrogen-bond donors (Lipinski definition) is 3. The lowest BCUT2D eigenvalue weighted by molar-refractivity contribution is -0.284. The van der Waals surface area contributed by atoms with E-state index in [1.807, 2.05) is 0 Å². The molecule has 3 N–H and O–H groups in total. The summed E-state index contributed by atoms with van der Waals surface area (Å²) in [6.07, 6.45) is 1.53.